The number of hydrogen-bond donors (Lipinski definition) is 2. The molecule has 2 aromatic rings. The molecule has 1 fully saturated rings. The summed E-state index contributed by atoms with van der Waals surface area (Å²) in [5.41, 5.74) is 2.91. The SMILES string of the molecule is Cc1cccc(C(=O)NCCC(=O)NC2CCN(Cc3ccc(Cl)cc3)CC2)c1. The first kappa shape index (κ1) is 21.3. The Morgan fingerprint density at radius 1 is 1.10 bits per heavy atom. The van der Waals surface area contributed by atoms with Crippen LogP contribution in [0.1, 0.15) is 40.7 Å². The first-order valence-corrected chi connectivity index (χ1v) is 10.5. The van der Waals surface area contributed by atoms with Gasteiger partial charge in [-0.3, -0.25) is 14.5 Å². The Balaban J connectivity index is 1.33. The van der Waals surface area contributed by atoms with E-state index in [1.54, 1.807) is 6.07 Å². The molecule has 2 aromatic carbocycles. The maximum absolute atomic E-state index is 12.2. The predicted molar refractivity (Wildman–Crippen MR) is 116 cm³/mol. The zero-order valence-electron chi connectivity index (χ0n) is 16.8. The number of carbonyl (C=O) groups is 2. The summed E-state index contributed by atoms with van der Waals surface area (Å²) in [5, 5.41) is 6.67. The normalized spacial score (nSPS) is 15.1. The predicted octanol–water partition coefficient (Wildman–Crippen LogP) is 3.55. The molecule has 0 atom stereocenters. The molecule has 2 amide bonds. The molecule has 6 heteroatoms. The quantitative estimate of drug-likeness (QED) is 0.729. The molecule has 1 saturated heterocycles. The van der Waals surface area contributed by atoms with Gasteiger partial charge < -0.3 is 10.6 Å². The summed E-state index contributed by atoms with van der Waals surface area (Å²) in [7, 11) is 0. The Hall–Kier alpha value is -2.37. The van der Waals surface area contributed by atoms with E-state index in [4.69, 9.17) is 11.6 Å². The first-order chi connectivity index (χ1) is 14.0. The number of carbonyl (C=O) groups excluding carboxylic acids is 2. The van der Waals surface area contributed by atoms with Crippen molar-refractivity contribution in [2.45, 2.75) is 38.8 Å². The van der Waals surface area contributed by atoms with Gasteiger partial charge in [0.15, 0.2) is 0 Å². The van der Waals surface area contributed by atoms with Crippen LogP contribution in [-0.4, -0.2) is 42.4 Å². The van der Waals surface area contributed by atoms with Crippen molar-refractivity contribution in [2.24, 2.45) is 0 Å². The number of nitrogens with one attached hydrogen (secondary N) is 2. The van der Waals surface area contributed by atoms with E-state index in [1.165, 1.54) is 5.56 Å². The topological polar surface area (TPSA) is 61.4 Å². The number of benzene rings is 2. The summed E-state index contributed by atoms with van der Waals surface area (Å²) < 4.78 is 0. The molecule has 29 heavy (non-hydrogen) atoms. The molecule has 2 N–H and O–H groups in total. The van der Waals surface area contributed by atoms with Gasteiger partial charge in [-0.25, -0.2) is 0 Å². The van der Waals surface area contributed by atoms with Crippen LogP contribution in [0, 0.1) is 6.92 Å². The second-order valence-electron chi connectivity index (χ2n) is 7.62. The summed E-state index contributed by atoms with van der Waals surface area (Å²) >= 11 is 5.94. The van der Waals surface area contributed by atoms with Gasteiger partial charge in [0.25, 0.3) is 5.91 Å². The van der Waals surface area contributed by atoms with Crippen molar-refractivity contribution in [2.75, 3.05) is 19.6 Å². The van der Waals surface area contributed by atoms with E-state index in [9.17, 15) is 9.59 Å². The molecule has 1 aliphatic heterocycles. The molecule has 0 spiro atoms. The highest BCUT2D eigenvalue weighted by Crippen LogP contribution is 2.16. The van der Waals surface area contributed by atoms with Gasteiger partial charge in [0.05, 0.1) is 0 Å². The van der Waals surface area contributed by atoms with Crippen LogP contribution in [0.5, 0.6) is 0 Å². The van der Waals surface area contributed by atoms with Crippen LogP contribution < -0.4 is 10.6 Å². The van der Waals surface area contributed by atoms with Gasteiger partial charge in [0, 0.05) is 49.2 Å². The fourth-order valence-corrected chi connectivity index (χ4v) is 3.69. The molecule has 0 aliphatic carbocycles. The third kappa shape index (κ3) is 6.87. The van der Waals surface area contributed by atoms with Crippen LogP contribution in [0.25, 0.3) is 0 Å². The maximum atomic E-state index is 12.2. The second-order valence-corrected chi connectivity index (χ2v) is 8.06. The van der Waals surface area contributed by atoms with Gasteiger partial charge in [-0.2, -0.15) is 0 Å². The number of rotatable bonds is 7. The highest BCUT2D eigenvalue weighted by atomic mass is 35.5. The maximum Gasteiger partial charge on any atom is 0.251 e. The van der Waals surface area contributed by atoms with Crippen molar-refractivity contribution in [3.63, 3.8) is 0 Å². The van der Waals surface area contributed by atoms with E-state index < -0.39 is 0 Å². The minimum Gasteiger partial charge on any atom is -0.353 e. The number of nitrogens with zero attached hydrogens (tertiary/aromatic N) is 1. The highest BCUT2D eigenvalue weighted by molar-refractivity contribution is 6.30. The van der Waals surface area contributed by atoms with Gasteiger partial charge in [-0.15, -0.1) is 0 Å². The second kappa shape index (κ2) is 10.4. The van der Waals surface area contributed by atoms with E-state index in [0.29, 0.717) is 18.5 Å². The molecular weight excluding hydrogens is 386 g/mol. The molecule has 5 nitrogen and oxygen atoms in total. The Morgan fingerprint density at radius 2 is 1.83 bits per heavy atom. The number of halogens is 1. The molecule has 0 aromatic heterocycles. The van der Waals surface area contributed by atoms with Gasteiger partial charge >= 0.3 is 0 Å². The molecule has 0 radical (unpaired) electrons. The van der Waals surface area contributed by atoms with Crippen molar-refractivity contribution in [1.29, 1.82) is 0 Å². The summed E-state index contributed by atoms with van der Waals surface area (Å²) in [6.45, 7) is 5.11. The Kier molecular flexibility index (Phi) is 7.67. The zero-order chi connectivity index (χ0) is 20.6. The molecule has 0 bridgehead atoms. The Bertz CT molecular complexity index is 830. The van der Waals surface area contributed by atoms with Crippen LogP contribution in [0.3, 0.4) is 0 Å². The van der Waals surface area contributed by atoms with E-state index in [0.717, 1.165) is 43.1 Å². The third-order valence-corrected chi connectivity index (χ3v) is 5.44. The fourth-order valence-electron chi connectivity index (χ4n) is 3.56. The standard InChI is InChI=1S/C23H28ClN3O2/c1-17-3-2-4-19(15-17)23(29)25-12-9-22(28)26-21-10-13-27(14-11-21)16-18-5-7-20(24)8-6-18/h2-8,15,21H,9-14,16H2,1H3,(H,25,29)(H,26,28). The summed E-state index contributed by atoms with van der Waals surface area (Å²) in [6.07, 6.45) is 2.17. The molecule has 0 unspecified atom stereocenters. The number of piperidine rings is 1. The summed E-state index contributed by atoms with van der Waals surface area (Å²) in [4.78, 5) is 26.7. The monoisotopic (exact) mass is 413 g/mol. The molecule has 0 saturated carbocycles. The van der Waals surface area contributed by atoms with Crippen LogP contribution >= 0.6 is 11.6 Å². The lowest BCUT2D eigenvalue weighted by atomic mass is 10.0. The lowest BCUT2D eigenvalue weighted by molar-refractivity contribution is -0.122. The van der Waals surface area contributed by atoms with Crippen LogP contribution in [0.15, 0.2) is 48.5 Å². The van der Waals surface area contributed by atoms with Crippen LogP contribution in [-0.2, 0) is 11.3 Å². The minimum atomic E-state index is -0.142. The van der Waals surface area contributed by atoms with Gasteiger partial charge in [0.1, 0.15) is 0 Å². The number of aryl methyl sites for hydroxylation is 1. The number of amides is 2. The average Bonchev–Trinajstić information content (AvgIpc) is 2.71. The largest absolute Gasteiger partial charge is 0.353 e. The summed E-state index contributed by atoms with van der Waals surface area (Å²) in [6, 6.07) is 15.6. The van der Waals surface area contributed by atoms with Crippen molar-refractivity contribution in [3.05, 3.63) is 70.2 Å². The van der Waals surface area contributed by atoms with Crippen molar-refractivity contribution in [3.8, 4) is 0 Å². The molecule has 3 rings (SSSR count). The van der Waals surface area contributed by atoms with Gasteiger partial charge in [-0.1, -0.05) is 41.4 Å². The molecule has 1 aliphatic rings. The minimum absolute atomic E-state index is 0.00862. The number of hydrogen-bond acceptors (Lipinski definition) is 3. The fraction of sp³-hybridized carbons (Fsp3) is 0.391. The van der Waals surface area contributed by atoms with Gasteiger partial charge in [-0.05, 0) is 49.6 Å². The molecule has 1 heterocycles. The van der Waals surface area contributed by atoms with Crippen molar-refractivity contribution < 1.29 is 9.59 Å². The zero-order valence-corrected chi connectivity index (χ0v) is 17.5. The van der Waals surface area contributed by atoms with Crippen LogP contribution in [0.2, 0.25) is 5.02 Å². The lowest BCUT2D eigenvalue weighted by Crippen LogP contribution is -2.45. The van der Waals surface area contributed by atoms with Crippen LogP contribution in [0.4, 0.5) is 0 Å². The van der Waals surface area contributed by atoms with Crippen molar-refractivity contribution >= 4 is 23.4 Å². The number of likely N-dealkylation sites (tertiary alicyclic amines) is 1. The van der Waals surface area contributed by atoms with E-state index in [2.05, 4.69) is 27.7 Å². The third-order valence-electron chi connectivity index (χ3n) is 5.19. The highest BCUT2D eigenvalue weighted by Gasteiger charge is 2.20. The van der Waals surface area contributed by atoms with Gasteiger partial charge in [0.2, 0.25) is 5.91 Å². The Labute approximate surface area is 177 Å². The lowest BCUT2D eigenvalue weighted by Gasteiger charge is -2.32. The van der Waals surface area contributed by atoms with E-state index in [-0.39, 0.29) is 17.9 Å². The van der Waals surface area contributed by atoms with E-state index in [1.807, 2.05) is 37.3 Å². The summed E-state index contributed by atoms with van der Waals surface area (Å²) in [5.74, 6) is -0.150. The Morgan fingerprint density at radius 3 is 2.52 bits per heavy atom. The van der Waals surface area contributed by atoms with Crippen molar-refractivity contribution in [1.82, 2.24) is 15.5 Å². The van der Waals surface area contributed by atoms with E-state index >= 15 is 0 Å². The average molecular weight is 414 g/mol. The smallest absolute Gasteiger partial charge is 0.251 e. The molecule has 154 valence electrons. The first-order valence-electron chi connectivity index (χ1n) is 10.1. The molecular formula is C23H28ClN3O2.